The van der Waals surface area contributed by atoms with Gasteiger partial charge in [-0.2, -0.15) is 10.2 Å². The van der Waals surface area contributed by atoms with E-state index in [2.05, 4.69) is 29.6 Å². The molecule has 2 aromatic carbocycles. The third kappa shape index (κ3) is 5.54. The molecule has 0 spiro atoms. The number of hydrogen-bond acceptors (Lipinski definition) is 5. The van der Waals surface area contributed by atoms with Crippen molar-refractivity contribution in [2.45, 2.75) is 44.7 Å². The van der Waals surface area contributed by atoms with Crippen LogP contribution in [0.15, 0.2) is 52.7 Å². The average Bonchev–Trinajstić information content (AvgIpc) is 3.35. The molecule has 5 nitrogen and oxygen atoms in total. The van der Waals surface area contributed by atoms with Gasteiger partial charge >= 0.3 is 0 Å². The summed E-state index contributed by atoms with van der Waals surface area (Å²) in [6.45, 7) is 4.46. The van der Waals surface area contributed by atoms with E-state index in [0.29, 0.717) is 12.3 Å². The lowest BCUT2D eigenvalue weighted by Gasteiger charge is -2.45. The zero-order chi connectivity index (χ0) is 25.2. The first-order valence-electron chi connectivity index (χ1n) is 12.2. The summed E-state index contributed by atoms with van der Waals surface area (Å²) in [4.78, 5) is 2.59. The minimum Gasteiger partial charge on any atom is -0.306 e. The third-order valence-corrected chi connectivity index (χ3v) is 9.22. The van der Waals surface area contributed by atoms with Crippen LogP contribution in [0.4, 0.5) is 18.9 Å². The molecule has 0 amide bonds. The normalized spacial score (nSPS) is 20.2. The Morgan fingerprint density at radius 1 is 1.06 bits per heavy atom. The van der Waals surface area contributed by atoms with Crippen molar-refractivity contribution in [2.24, 2.45) is 10.2 Å². The summed E-state index contributed by atoms with van der Waals surface area (Å²) in [5.41, 5.74) is 2.94. The van der Waals surface area contributed by atoms with E-state index in [1.165, 1.54) is 25.3 Å². The van der Waals surface area contributed by atoms with Crippen LogP contribution in [0.2, 0.25) is 5.02 Å². The molecule has 1 saturated carbocycles. The number of anilines is 1. The zero-order valence-electron chi connectivity index (χ0n) is 19.9. The number of piperazine rings is 1. The van der Waals surface area contributed by atoms with Crippen LogP contribution in [0.1, 0.15) is 36.8 Å². The van der Waals surface area contributed by atoms with Crippen molar-refractivity contribution in [2.75, 3.05) is 30.5 Å². The van der Waals surface area contributed by atoms with Crippen molar-refractivity contribution in [1.82, 2.24) is 9.21 Å². The van der Waals surface area contributed by atoms with E-state index in [0.717, 1.165) is 49.0 Å². The van der Waals surface area contributed by atoms with E-state index < -0.39 is 23.1 Å². The first kappa shape index (κ1) is 25.4. The highest BCUT2D eigenvalue weighted by molar-refractivity contribution is 8.13. The lowest BCUT2D eigenvalue weighted by atomic mass is 9.91. The fourth-order valence-corrected chi connectivity index (χ4v) is 6.41. The second kappa shape index (κ2) is 11.0. The second-order valence-electron chi connectivity index (χ2n) is 9.34. The van der Waals surface area contributed by atoms with Gasteiger partial charge in [0.2, 0.25) is 0 Å². The molecule has 1 atom stereocenters. The minimum absolute atomic E-state index is 0.0619. The van der Waals surface area contributed by atoms with Crippen LogP contribution in [-0.2, 0) is 6.54 Å². The highest BCUT2D eigenvalue weighted by Gasteiger charge is 2.29. The van der Waals surface area contributed by atoms with Crippen molar-refractivity contribution in [3.8, 4) is 0 Å². The predicted octanol–water partition coefficient (Wildman–Crippen LogP) is 6.00. The molecule has 1 saturated heterocycles. The van der Waals surface area contributed by atoms with E-state index in [9.17, 15) is 13.2 Å². The van der Waals surface area contributed by atoms with Gasteiger partial charge in [-0.3, -0.25) is 4.90 Å². The van der Waals surface area contributed by atoms with Crippen LogP contribution < -0.4 is 4.31 Å². The third-order valence-electron chi connectivity index (χ3n) is 7.12. The Morgan fingerprint density at radius 2 is 1.78 bits per heavy atom. The Labute approximate surface area is 217 Å². The smallest absolute Gasteiger partial charge is 0.278 e. The summed E-state index contributed by atoms with van der Waals surface area (Å²) in [5, 5.41) is 7.61. The molecular formula is C26H29ClF3N5S. The van der Waals surface area contributed by atoms with Crippen molar-refractivity contribution in [3.05, 3.63) is 64.4 Å². The molecule has 0 bridgehead atoms. The molecule has 5 rings (SSSR count). The summed E-state index contributed by atoms with van der Waals surface area (Å²) in [5.74, 6) is 4.06. The summed E-state index contributed by atoms with van der Waals surface area (Å²) >= 11 is 6.14. The maximum Gasteiger partial charge on any atom is 0.278 e. The van der Waals surface area contributed by atoms with Gasteiger partial charge in [-0.1, -0.05) is 42.3 Å². The van der Waals surface area contributed by atoms with Gasteiger partial charge in [0, 0.05) is 44.3 Å². The van der Waals surface area contributed by atoms with Crippen LogP contribution in [0.3, 0.4) is 0 Å². The van der Waals surface area contributed by atoms with Crippen LogP contribution in [-0.4, -0.2) is 65.1 Å². The number of hydrogen-bond donors (Lipinski definition) is 0. The Hall–Kier alpha value is -2.20. The lowest BCUT2D eigenvalue weighted by molar-refractivity contribution is 0.0917. The van der Waals surface area contributed by atoms with Gasteiger partial charge in [0.05, 0.1) is 17.3 Å². The fraction of sp³-hybridized carbons (Fsp3) is 0.423. The van der Waals surface area contributed by atoms with Gasteiger partial charge in [-0.15, -0.1) is 0 Å². The molecule has 0 radical (unpaired) electrons. The van der Waals surface area contributed by atoms with Crippen LogP contribution in [0.5, 0.6) is 0 Å². The van der Waals surface area contributed by atoms with E-state index in [1.54, 1.807) is 12.1 Å². The van der Waals surface area contributed by atoms with Gasteiger partial charge < -0.3 is 4.31 Å². The molecular weight excluding hydrogens is 507 g/mol. The summed E-state index contributed by atoms with van der Waals surface area (Å²) in [6.07, 6.45) is 1.40. The number of alkyl halides is 2. The average molecular weight is 536 g/mol. The first-order chi connectivity index (χ1) is 17.4. The summed E-state index contributed by atoms with van der Waals surface area (Å²) < 4.78 is 44.3. The monoisotopic (exact) mass is 535 g/mol. The molecule has 2 aromatic rings. The maximum atomic E-state index is 13.9. The van der Waals surface area contributed by atoms with Crippen molar-refractivity contribution in [1.29, 1.82) is 0 Å². The van der Waals surface area contributed by atoms with Gasteiger partial charge in [0.15, 0.2) is 0 Å². The number of rotatable bonds is 8. The molecule has 10 heteroatoms. The number of halogens is 4. The molecule has 1 aliphatic carbocycles. The first-order valence-corrected chi connectivity index (χ1v) is 13.8. The fourth-order valence-electron chi connectivity index (χ4n) is 4.71. The molecule has 2 aliphatic heterocycles. The minimum atomic E-state index is -2.59. The molecule has 192 valence electrons. The van der Waals surface area contributed by atoms with Crippen LogP contribution >= 0.6 is 22.5 Å². The van der Waals surface area contributed by atoms with Gasteiger partial charge in [-0.05, 0) is 58.9 Å². The lowest BCUT2D eigenvalue weighted by Crippen LogP contribution is -2.51. The van der Waals surface area contributed by atoms with E-state index >= 15 is 0 Å². The maximum absolute atomic E-state index is 13.9. The predicted molar refractivity (Wildman–Crippen MR) is 144 cm³/mol. The second-order valence-corrected chi connectivity index (χ2v) is 11.4. The van der Waals surface area contributed by atoms with E-state index in [4.69, 9.17) is 11.6 Å². The topological polar surface area (TPSA) is 34.4 Å². The highest BCUT2D eigenvalue weighted by atomic mass is 35.5. The summed E-state index contributed by atoms with van der Waals surface area (Å²) in [6, 6.07) is 13.2. The van der Waals surface area contributed by atoms with Crippen LogP contribution in [0, 0.1) is 5.82 Å². The highest BCUT2D eigenvalue weighted by Crippen LogP contribution is 2.36. The molecule has 36 heavy (non-hydrogen) atoms. The molecule has 2 heterocycles. The molecule has 0 aromatic heterocycles. The van der Waals surface area contributed by atoms with Crippen molar-refractivity contribution in [3.63, 3.8) is 0 Å². The zero-order valence-corrected chi connectivity index (χ0v) is 21.5. The van der Waals surface area contributed by atoms with Gasteiger partial charge in [-0.25, -0.2) is 17.5 Å². The van der Waals surface area contributed by atoms with E-state index in [1.807, 2.05) is 24.3 Å². The molecule has 3 aliphatic rings. The Morgan fingerprint density at radius 3 is 2.36 bits per heavy atom. The van der Waals surface area contributed by atoms with Crippen molar-refractivity contribution >= 4 is 45.4 Å². The summed E-state index contributed by atoms with van der Waals surface area (Å²) in [7, 11) is -0.507. The SMILES string of the molecule is C=S(N1CCN(C2CCC2)CC1)N(Cc1ccc(C2=NN=C(C(F)F)C2)cc1)c1ccc(F)c(Cl)c1. The van der Waals surface area contributed by atoms with Gasteiger partial charge in [0.25, 0.3) is 6.43 Å². The standard InChI is InChI=1S/C26H29ClF3N5S/c1-36(34-13-11-33(12-14-34)20-3-2-4-20)35(21-9-10-23(28)22(27)15-21)17-18-5-7-19(8-6-18)24-16-25(26(29)30)32-31-24/h5-10,15,20,26H,1-4,11-14,16-17H2. The Kier molecular flexibility index (Phi) is 7.81. The molecule has 0 N–H and O–H groups in total. The van der Waals surface area contributed by atoms with Gasteiger partial charge in [0.1, 0.15) is 11.5 Å². The number of nitrogens with zero attached hydrogens (tertiary/aromatic N) is 5. The number of benzene rings is 2. The largest absolute Gasteiger partial charge is 0.306 e. The molecule has 2 fully saturated rings. The van der Waals surface area contributed by atoms with Crippen molar-refractivity contribution < 1.29 is 13.2 Å². The molecule has 1 unspecified atom stereocenters. The quantitative estimate of drug-likeness (QED) is 0.389. The van der Waals surface area contributed by atoms with E-state index in [-0.39, 0.29) is 17.2 Å². The van der Waals surface area contributed by atoms with Crippen LogP contribution in [0.25, 0.3) is 0 Å². The Bertz CT molecular complexity index is 1170. The Balaban J connectivity index is 1.31.